The molecule has 3 aliphatic rings. The lowest BCUT2D eigenvalue weighted by Gasteiger charge is -2.36. The van der Waals surface area contributed by atoms with Crippen LogP contribution >= 0.6 is 0 Å². The van der Waals surface area contributed by atoms with E-state index in [1.54, 1.807) is 0 Å². The SMILES string of the molecule is CCC1(CC)C2=CCC(=N2)C(CC)(CC)c2cc(C(=O)c3ccccc3)c([nH]2)C(CC)(CC)C2=CCC(=N2)C(CC)(CC)c2[nH]c1cc2C(=O)c1ccccc1. The number of carbonyl (C=O) groups is 2. The fraction of sp³-hybridized carbons (Fsp3) is 0.440. The Morgan fingerprint density at radius 1 is 0.500 bits per heavy atom. The van der Waals surface area contributed by atoms with E-state index in [0.717, 1.165) is 115 Å². The van der Waals surface area contributed by atoms with Crippen LogP contribution in [0.4, 0.5) is 0 Å². The second-order valence-corrected chi connectivity index (χ2v) is 16.2. The van der Waals surface area contributed by atoms with Crippen molar-refractivity contribution in [1.29, 1.82) is 0 Å². The quantitative estimate of drug-likeness (QED) is 0.141. The number of hydrogen-bond acceptors (Lipinski definition) is 4. The van der Waals surface area contributed by atoms with Gasteiger partial charge < -0.3 is 9.97 Å². The van der Waals surface area contributed by atoms with Crippen molar-refractivity contribution in [2.45, 2.75) is 141 Å². The summed E-state index contributed by atoms with van der Waals surface area (Å²) in [5.41, 5.74) is 9.19. The second kappa shape index (κ2) is 15.2. The Hall–Kier alpha value is -4.84. The van der Waals surface area contributed by atoms with E-state index in [1.807, 2.05) is 60.7 Å². The molecule has 0 atom stereocenters. The zero-order chi connectivity index (χ0) is 39.9. The zero-order valence-electron chi connectivity index (χ0n) is 34.9. The number of aliphatic imine (C=N–C) groups is 2. The van der Waals surface area contributed by atoms with Gasteiger partial charge in [-0.1, -0.05) is 128 Å². The van der Waals surface area contributed by atoms with Gasteiger partial charge in [0.2, 0.25) is 0 Å². The molecule has 6 heteroatoms. The molecule has 56 heavy (non-hydrogen) atoms. The predicted molar refractivity (Wildman–Crippen MR) is 231 cm³/mol. The average molecular weight is 749 g/mol. The topological polar surface area (TPSA) is 90.4 Å². The van der Waals surface area contributed by atoms with Gasteiger partial charge in [0.1, 0.15) is 0 Å². The highest BCUT2D eigenvalue weighted by atomic mass is 16.1. The molecule has 0 saturated carbocycles. The van der Waals surface area contributed by atoms with Crippen LogP contribution in [0.5, 0.6) is 0 Å². The number of H-pyrrole nitrogens is 2. The predicted octanol–water partition coefficient (Wildman–Crippen LogP) is 12.2. The van der Waals surface area contributed by atoms with E-state index in [2.05, 4.69) is 89.6 Å². The van der Waals surface area contributed by atoms with Gasteiger partial charge in [0, 0.05) is 91.5 Å². The molecule has 0 amide bonds. The molecule has 2 aromatic carbocycles. The van der Waals surface area contributed by atoms with Crippen LogP contribution in [0.2, 0.25) is 0 Å². The first-order valence-corrected chi connectivity index (χ1v) is 21.4. The number of nitrogens with one attached hydrogen (secondary N) is 2. The first-order chi connectivity index (χ1) is 27.1. The van der Waals surface area contributed by atoms with Gasteiger partial charge in [-0.25, -0.2) is 0 Å². The van der Waals surface area contributed by atoms with Gasteiger partial charge in [-0.2, -0.15) is 0 Å². The lowest BCUT2D eigenvalue weighted by molar-refractivity contribution is 0.102. The maximum atomic E-state index is 14.8. The van der Waals surface area contributed by atoms with Gasteiger partial charge in [0.25, 0.3) is 0 Å². The number of carbonyl (C=O) groups excluding carboxylic acids is 2. The molecule has 0 unspecified atom stereocenters. The number of aromatic nitrogens is 2. The molecule has 0 saturated heterocycles. The molecule has 0 fully saturated rings. The Kier molecular flexibility index (Phi) is 10.7. The molecule has 292 valence electrons. The summed E-state index contributed by atoms with van der Waals surface area (Å²) in [6, 6.07) is 23.7. The molecule has 4 aromatic rings. The maximum Gasteiger partial charge on any atom is 0.194 e. The van der Waals surface area contributed by atoms with E-state index in [1.165, 1.54) is 0 Å². The summed E-state index contributed by atoms with van der Waals surface area (Å²) >= 11 is 0. The maximum absolute atomic E-state index is 14.8. The third-order valence-electron chi connectivity index (χ3n) is 14.6. The van der Waals surface area contributed by atoms with Crippen LogP contribution in [0.25, 0.3) is 0 Å². The Morgan fingerprint density at radius 2 is 0.857 bits per heavy atom. The van der Waals surface area contributed by atoms with Crippen LogP contribution in [0.15, 0.2) is 106 Å². The summed E-state index contributed by atoms with van der Waals surface area (Å²) in [7, 11) is 0. The summed E-state index contributed by atoms with van der Waals surface area (Å²) in [6.07, 6.45) is 12.5. The van der Waals surface area contributed by atoms with Gasteiger partial charge in [-0.15, -0.1) is 0 Å². The van der Waals surface area contributed by atoms with Gasteiger partial charge in [0.15, 0.2) is 11.6 Å². The van der Waals surface area contributed by atoms with Crippen molar-refractivity contribution in [3.05, 3.63) is 141 Å². The molecule has 7 rings (SSSR count). The number of fused-ring (bicyclic) bond motifs is 6. The standard InChI is InChI=1S/C50H60N4O2/c1-9-47(10-2)37-27-28-38(51-37)48(11-3,12-4)42-32-36(44(56)34-25-21-18-22-26-34)46(54-42)50(15-7,16-8)40-30-29-39(52-40)49(13-5,14-6)45-35(31-41(47)53-45)43(55)33-23-19-17-20-24-33/h17-27,30-32,53-54H,9-16,28-29H2,1-8H3. The Balaban J connectivity index is 1.57. The van der Waals surface area contributed by atoms with Crippen molar-refractivity contribution in [3.8, 4) is 0 Å². The summed E-state index contributed by atoms with van der Waals surface area (Å²) in [5, 5.41) is 0. The lowest BCUT2D eigenvalue weighted by atomic mass is 9.72. The normalized spacial score (nSPS) is 18.9. The first kappa shape index (κ1) is 39.4. The van der Waals surface area contributed by atoms with Gasteiger partial charge in [-0.05, 0) is 63.5 Å². The second-order valence-electron chi connectivity index (χ2n) is 16.2. The van der Waals surface area contributed by atoms with Crippen molar-refractivity contribution >= 4 is 23.0 Å². The minimum absolute atomic E-state index is 0.0264. The number of benzene rings is 2. The summed E-state index contributed by atoms with van der Waals surface area (Å²) in [5.74, 6) is 0.0540. The van der Waals surface area contributed by atoms with Crippen LogP contribution in [0.3, 0.4) is 0 Å². The molecule has 0 radical (unpaired) electrons. The molecular formula is C50H60N4O2. The monoisotopic (exact) mass is 748 g/mol. The van der Waals surface area contributed by atoms with E-state index < -0.39 is 21.7 Å². The number of nitrogens with zero attached hydrogens (tertiary/aromatic N) is 2. The molecule has 2 N–H and O–H groups in total. The van der Waals surface area contributed by atoms with Gasteiger partial charge in [0.05, 0.1) is 10.8 Å². The van der Waals surface area contributed by atoms with E-state index in [4.69, 9.17) is 9.98 Å². The molecule has 5 heterocycles. The van der Waals surface area contributed by atoms with Crippen molar-refractivity contribution < 1.29 is 9.59 Å². The fourth-order valence-electron chi connectivity index (χ4n) is 10.7. The number of ketones is 2. The highest BCUT2D eigenvalue weighted by Crippen LogP contribution is 2.51. The van der Waals surface area contributed by atoms with E-state index in [0.29, 0.717) is 17.5 Å². The zero-order valence-corrected chi connectivity index (χ0v) is 34.9. The smallest absolute Gasteiger partial charge is 0.194 e. The van der Waals surface area contributed by atoms with Gasteiger partial charge >= 0.3 is 0 Å². The van der Waals surface area contributed by atoms with E-state index in [9.17, 15) is 9.59 Å². The van der Waals surface area contributed by atoms with Crippen molar-refractivity contribution in [3.63, 3.8) is 0 Å². The van der Waals surface area contributed by atoms with Crippen LogP contribution in [0.1, 0.15) is 174 Å². The molecular weight excluding hydrogens is 689 g/mol. The lowest BCUT2D eigenvalue weighted by Crippen LogP contribution is -2.37. The third-order valence-corrected chi connectivity index (χ3v) is 14.6. The van der Waals surface area contributed by atoms with Crippen molar-refractivity contribution in [2.24, 2.45) is 9.98 Å². The molecule has 8 bridgehead atoms. The number of rotatable bonds is 12. The van der Waals surface area contributed by atoms with Crippen LogP contribution in [-0.2, 0) is 21.7 Å². The highest BCUT2D eigenvalue weighted by molar-refractivity contribution is 6.12. The molecule has 0 spiro atoms. The largest absolute Gasteiger partial charge is 0.360 e. The number of hydrogen-bond donors (Lipinski definition) is 2. The van der Waals surface area contributed by atoms with Crippen molar-refractivity contribution in [2.75, 3.05) is 0 Å². The van der Waals surface area contributed by atoms with Crippen LogP contribution in [0, 0.1) is 0 Å². The molecule has 0 aliphatic carbocycles. The minimum atomic E-state index is -0.540. The minimum Gasteiger partial charge on any atom is -0.360 e. The summed E-state index contributed by atoms with van der Waals surface area (Å²) in [4.78, 5) is 48.9. The van der Waals surface area contributed by atoms with E-state index in [-0.39, 0.29) is 11.6 Å². The molecule has 2 aromatic heterocycles. The Labute approximate surface area is 334 Å². The Bertz CT molecular complexity index is 2230. The number of allylic oxidation sites excluding steroid dienone is 4. The highest BCUT2D eigenvalue weighted by Gasteiger charge is 2.48. The first-order valence-electron chi connectivity index (χ1n) is 21.4. The average Bonchev–Trinajstić information content (AvgIpc) is 4.10. The summed E-state index contributed by atoms with van der Waals surface area (Å²) in [6.45, 7) is 17.9. The Morgan fingerprint density at radius 3 is 1.27 bits per heavy atom. The van der Waals surface area contributed by atoms with E-state index >= 15 is 0 Å². The fourth-order valence-corrected chi connectivity index (χ4v) is 10.7. The van der Waals surface area contributed by atoms with Crippen LogP contribution in [-0.4, -0.2) is 33.0 Å². The molecule has 3 aliphatic heterocycles. The summed E-state index contributed by atoms with van der Waals surface area (Å²) < 4.78 is 0. The number of aromatic amines is 2. The third kappa shape index (κ3) is 5.72. The van der Waals surface area contributed by atoms with Crippen LogP contribution < -0.4 is 0 Å². The van der Waals surface area contributed by atoms with Crippen molar-refractivity contribution in [1.82, 2.24) is 9.97 Å². The van der Waals surface area contributed by atoms with Gasteiger partial charge in [-0.3, -0.25) is 19.6 Å². The molecule has 6 nitrogen and oxygen atoms in total.